The molecule has 43 heavy (non-hydrogen) atoms. The number of hydrogen-bond acceptors (Lipinski definition) is 7. The molecular weight excluding hydrogens is 566 g/mol. The van der Waals surface area contributed by atoms with Crippen molar-refractivity contribution < 1.29 is 22.4 Å². The fourth-order valence-corrected chi connectivity index (χ4v) is 4.91. The molecule has 0 radical (unpaired) electrons. The van der Waals surface area contributed by atoms with E-state index < -0.39 is 23.6 Å². The molecule has 0 unspecified atom stereocenters. The highest BCUT2D eigenvalue weighted by Gasteiger charge is 2.34. The second-order valence-corrected chi connectivity index (χ2v) is 10.2. The standard InChI is InChI=1S/C29H29F4N9O/c1-3-4-9-42-27-24(26(34)35-17-36-27)25(39-42)18-6-8-23(22(30)14-18)38-28(43)37-20-7-5-19(21(15-20)29(31,32)33)16-41-12-10-40(2)11-13-41/h1,5-8,14-15,17H,4,9-13,16H2,2H3,(H2,34,35,36)(H2,37,38,43). The van der Waals surface area contributed by atoms with E-state index >= 15 is 4.39 Å². The van der Waals surface area contributed by atoms with Crippen molar-refractivity contribution in [2.75, 3.05) is 49.6 Å². The van der Waals surface area contributed by atoms with Crippen LogP contribution >= 0.6 is 0 Å². The molecule has 224 valence electrons. The van der Waals surface area contributed by atoms with Crippen LogP contribution in [0.15, 0.2) is 42.7 Å². The number of nitrogens with one attached hydrogen (secondary N) is 2. The van der Waals surface area contributed by atoms with Crippen LogP contribution in [0, 0.1) is 18.2 Å². The molecule has 4 N–H and O–H groups in total. The second kappa shape index (κ2) is 12.2. The molecule has 5 rings (SSSR count). The number of halogens is 4. The van der Waals surface area contributed by atoms with Crippen molar-refractivity contribution in [3.8, 4) is 23.6 Å². The third-order valence-corrected chi connectivity index (χ3v) is 7.18. The largest absolute Gasteiger partial charge is 0.416 e. The number of urea groups is 1. The number of piperazine rings is 1. The Morgan fingerprint density at radius 2 is 1.86 bits per heavy atom. The van der Waals surface area contributed by atoms with Crippen LogP contribution in [0.3, 0.4) is 0 Å². The highest BCUT2D eigenvalue weighted by molar-refractivity contribution is 6.01. The van der Waals surface area contributed by atoms with Crippen molar-refractivity contribution in [3.63, 3.8) is 0 Å². The molecule has 1 aliphatic rings. The van der Waals surface area contributed by atoms with Gasteiger partial charge in [-0.05, 0) is 36.9 Å². The lowest BCUT2D eigenvalue weighted by molar-refractivity contribution is -0.138. The number of hydrogen-bond donors (Lipinski definition) is 3. The third kappa shape index (κ3) is 6.68. The monoisotopic (exact) mass is 595 g/mol. The van der Waals surface area contributed by atoms with Gasteiger partial charge in [0.1, 0.15) is 23.7 Å². The van der Waals surface area contributed by atoms with Crippen molar-refractivity contribution in [3.05, 3.63) is 59.7 Å². The lowest BCUT2D eigenvalue weighted by Crippen LogP contribution is -2.44. The van der Waals surface area contributed by atoms with E-state index in [1.165, 1.54) is 30.6 Å². The first-order chi connectivity index (χ1) is 20.5. The molecule has 1 saturated heterocycles. The third-order valence-electron chi connectivity index (χ3n) is 7.18. The number of aryl methyl sites for hydroxylation is 1. The number of alkyl halides is 3. The van der Waals surface area contributed by atoms with E-state index in [-0.39, 0.29) is 29.3 Å². The van der Waals surface area contributed by atoms with E-state index in [1.807, 2.05) is 11.9 Å². The summed E-state index contributed by atoms with van der Waals surface area (Å²) in [5, 5.41) is 9.63. The molecule has 14 heteroatoms. The first-order valence-electron chi connectivity index (χ1n) is 13.4. The number of benzene rings is 2. The van der Waals surface area contributed by atoms with Crippen LogP contribution in [0.1, 0.15) is 17.5 Å². The Bertz CT molecular complexity index is 1690. The molecule has 2 aromatic heterocycles. The molecule has 0 bridgehead atoms. The topological polar surface area (TPSA) is 117 Å². The van der Waals surface area contributed by atoms with Crippen molar-refractivity contribution in [1.82, 2.24) is 29.5 Å². The number of aromatic nitrogens is 4. The average Bonchev–Trinajstić information content (AvgIpc) is 3.34. The first kappa shape index (κ1) is 29.7. The zero-order valence-electron chi connectivity index (χ0n) is 23.2. The fraction of sp³-hybridized carbons (Fsp3) is 0.310. The Morgan fingerprint density at radius 1 is 1.09 bits per heavy atom. The van der Waals surface area contributed by atoms with Crippen LogP contribution in [-0.2, 0) is 19.3 Å². The minimum absolute atomic E-state index is 0.0802. The summed E-state index contributed by atoms with van der Waals surface area (Å²) < 4.78 is 58.4. The van der Waals surface area contributed by atoms with Crippen LogP contribution in [-0.4, -0.2) is 68.8 Å². The Hall–Kier alpha value is -4.74. The van der Waals surface area contributed by atoms with Gasteiger partial charge in [-0.3, -0.25) is 4.90 Å². The summed E-state index contributed by atoms with van der Waals surface area (Å²) in [5.74, 6) is 1.88. The summed E-state index contributed by atoms with van der Waals surface area (Å²) in [7, 11) is 1.97. The molecular formula is C29H29F4N9O. The van der Waals surface area contributed by atoms with Crippen molar-refractivity contribution in [2.45, 2.75) is 25.7 Å². The van der Waals surface area contributed by atoms with E-state index in [0.717, 1.165) is 25.2 Å². The Labute approximate surface area is 244 Å². The summed E-state index contributed by atoms with van der Waals surface area (Å²) in [6.07, 6.45) is 2.43. The van der Waals surface area contributed by atoms with Crippen LogP contribution in [0.5, 0.6) is 0 Å². The van der Waals surface area contributed by atoms with Gasteiger partial charge in [-0.1, -0.05) is 12.1 Å². The van der Waals surface area contributed by atoms with Gasteiger partial charge in [0.05, 0.1) is 23.2 Å². The predicted molar refractivity (Wildman–Crippen MR) is 155 cm³/mol. The van der Waals surface area contributed by atoms with Crippen LogP contribution in [0.2, 0.25) is 0 Å². The molecule has 0 spiro atoms. The smallest absolute Gasteiger partial charge is 0.383 e. The van der Waals surface area contributed by atoms with Gasteiger partial charge in [-0.25, -0.2) is 23.8 Å². The Morgan fingerprint density at radius 3 is 2.56 bits per heavy atom. The molecule has 0 aliphatic carbocycles. The van der Waals surface area contributed by atoms with E-state index in [0.29, 0.717) is 48.3 Å². The highest BCUT2D eigenvalue weighted by Crippen LogP contribution is 2.35. The molecule has 3 heterocycles. The number of nitrogens with two attached hydrogens (primary N) is 1. The maximum absolute atomic E-state index is 15.1. The van der Waals surface area contributed by atoms with E-state index in [2.05, 4.69) is 36.5 Å². The molecule has 2 amide bonds. The Kier molecular flexibility index (Phi) is 8.47. The van der Waals surface area contributed by atoms with Gasteiger partial charge in [0.2, 0.25) is 0 Å². The normalized spacial score (nSPS) is 14.5. The molecule has 4 aromatic rings. The number of anilines is 3. The number of carbonyl (C=O) groups excluding carboxylic acids is 1. The fourth-order valence-electron chi connectivity index (χ4n) is 4.91. The summed E-state index contributed by atoms with van der Waals surface area (Å²) >= 11 is 0. The number of likely N-dealkylation sites (N-methyl/N-ethyl adjacent to an activating group) is 1. The number of nitrogen functional groups attached to an aromatic ring is 1. The van der Waals surface area contributed by atoms with Crippen molar-refractivity contribution in [2.24, 2.45) is 0 Å². The summed E-state index contributed by atoms with van der Waals surface area (Å²) in [6, 6.07) is 6.73. The lowest BCUT2D eigenvalue weighted by atomic mass is 10.0. The summed E-state index contributed by atoms with van der Waals surface area (Å²) in [5.41, 5.74) is 6.19. The predicted octanol–water partition coefficient (Wildman–Crippen LogP) is 4.65. The van der Waals surface area contributed by atoms with Gasteiger partial charge in [0.25, 0.3) is 0 Å². The number of amides is 2. The Balaban J connectivity index is 1.32. The van der Waals surface area contributed by atoms with Gasteiger partial charge in [-0.15, -0.1) is 12.3 Å². The second-order valence-electron chi connectivity index (χ2n) is 10.2. The zero-order valence-corrected chi connectivity index (χ0v) is 23.2. The summed E-state index contributed by atoms with van der Waals surface area (Å²) in [4.78, 5) is 25.0. The summed E-state index contributed by atoms with van der Waals surface area (Å²) in [6.45, 7) is 3.36. The SMILES string of the molecule is C#CCCn1nc(-c2ccc(NC(=O)Nc3ccc(CN4CCN(C)CC4)c(C(F)(F)F)c3)c(F)c2)c2c(N)ncnc21. The van der Waals surface area contributed by atoms with E-state index in [4.69, 9.17) is 12.2 Å². The van der Waals surface area contributed by atoms with E-state index in [1.54, 1.807) is 4.68 Å². The molecule has 1 aliphatic heterocycles. The maximum Gasteiger partial charge on any atom is 0.416 e. The number of terminal acetylenes is 1. The first-order valence-corrected chi connectivity index (χ1v) is 13.4. The number of nitrogens with zero attached hydrogens (tertiary/aromatic N) is 6. The molecule has 2 aromatic carbocycles. The molecule has 0 atom stereocenters. The van der Waals surface area contributed by atoms with E-state index in [9.17, 15) is 18.0 Å². The quantitative estimate of drug-likeness (QED) is 0.210. The van der Waals surface area contributed by atoms with Crippen molar-refractivity contribution in [1.29, 1.82) is 0 Å². The maximum atomic E-state index is 15.1. The van der Waals surface area contributed by atoms with Crippen LogP contribution in [0.25, 0.3) is 22.3 Å². The average molecular weight is 596 g/mol. The van der Waals surface area contributed by atoms with Gasteiger partial charge in [-0.2, -0.15) is 18.3 Å². The van der Waals surface area contributed by atoms with Gasteiger partial charge < -0.3 is 21.3 Å². The van der Waals surface area contributed by atoms with Crippen molar-refractivity contribution >= 4 is 34.3 Å². The van der Waals surface area contributed by atoms with Gasteiger partial charge in [0, 0.05) is 50.4 Å². The van der Waals surface area contributed by atoms with Crippen LogP contribution in [0.4, 0.5) is 39.5 Å². The molecule has 10 nitrogen and oxygen atoms in total. The zero-order chi connectivity index (χ0) is 30.7. The van der Waals surface area contributed by atoms with Gasteiger partial charge >= 0.3 is 12.2 Å². The number of fused-ring (bicyclic) bond motifs is 1. The lowest BCUT2D eigenvalue weighted by Gasteiger charge is -2.33. The minimum atomic E-state index is -4.62. The van der Waals surface area contributed by atoms with Crippen LogP contribution < -0.4 is 16.4 Å². The van der Waals surface area contributed by atoms with Gasteiger partial charge in [0.15, 0.2) is 5.65 Å². The minimum Gasteiger partial charge on any atom is -0.383 e. The molecule has 0 saturated carbocycles. The highest BCUT2D eigenvalue weighted by atomic mass is 19.4. The molecule has 1 fully saturated rings. The number of rotatable bonds is 7. The number of carbonyl (C=O) groups is 1.